The Balaban J connectivity index is 1.75. The highest BCUT2D eigenvalue weighted by Gasteiger charge is 2.33. The van der Waals surface area contributed by atoms with Gasteiger partial charge in [-0.3, -0.25) is 9.59 Å². The molecule has 1 fully saturated rings. The zero-order valence-electron chi connectivity index (χ0n) is 13.6. The summed E-state index contributed by atoms with van der Waals surface area (Å²) in [6.45, 7) is 5.13. The Kier molecular flexibility index (Phi) is 4.33. The van der Waals surface area contributed by atoms with Crippen LogP contribution in [0.25, 0.3) is 10.8 Å². The summed E-state index contributed by atoms with van der Waals surface area (Å²) in [7, 11) is 0. The molecule has 1 saturated heterocycles. The highest BCUT2D eigenvalue weighted by atomic mass is 16.2. The molecule has 1 N–H and O–H groups in total. The van der Waals surface area contributed by atoms with E-state index in [0.717, 1.165) is 10.9 Å². The fourth-order valence-corrected chi connectivity index (χ4v) is 3.29. The third-order valence-electron chi connectivity index (χ3n) is 4.62. The van der Waals surface area contributed by atoms with Gasteiger partial charge in [-0.05, 0) is 30.2 Å². The van der Waals surface area contributed by atoms with Crippen LogP contribution >= 0.6 is 0 Å². The van der Waals surface area contributed by atoms with Gasteiger partial charge in [0.1, 0.15) is 0 Å². The van der Waals surface area contributed by atoms with Gasteiger partial charge in [-0.25, -0.2) is 0 Å². The number of carbonyl (C=O) groups excluding carboxylic acids is 2. The van der Waals surface area contributed by atoms with Gasteiger partial charge in [0.25, 0.3) is 0 Å². The molecule has 4 heteroatoms. The first kappa shape index (κ1) is 15.5. The number of hydrogen-bond acceptors (Lipinski definition) is 2. The van der Waals surface area contributed by atoms with Crippen LogP contribution in [0.2, 0.25) is 0 Å². The number of nitrogens with one attached hydrogen (secondary N) is 1. The molecule has 1 aliphatic heterocycles. The van der Waals surface area contributed by atoms with Gasteiger partial charge in [-0.2, -0.15) is 0 Å². The molecule has 2 aromatic carbocycles. The second-order valence-electron chi connectivity index (χ2n) is 6.13. The minimum absolute atomic E-state index is 0.0327. The molecule has 0 aromatic heterocycles. The number of nitrogens with zero attached hydrogens (tertiary/aromatic N) is 1. The molecule has 3 rings (SSSR count). The van der Waals surface area contributed by atoms with Gasteiger partial charge in [-0.1, -0.05) is 42.5 Å². The first-order chi connectivity index (χ1) is 11.1. The van der Waals surface area contributed by atoms with Crippen LogP contribution in [0, 0.1) is 5.92 Å². The Bertz CT molecular complexity index is 736. The van der Waals surface area contributed by atoms with Crippen molar-refractivity contribution in [2.75, 3.05) is 13.1 Å². The topological polar surface area (TPSA) is 49.4 Å². The van der Waals surface area contributed by atoms with Gasteiger partial charge >= 0.3 is 0 Å². The van der Waals surface area contributed by atoms with Crippen molar-refractivity contribution >= 4 is 22.6 Å². The van der Waals surface area contributed by atoms with E-state index >= 15 is 0 Å². The van der Waals surface area contributed by atoms with E-state index in [1.165, 1.54) is 5.39 Å². The largest absolute Gasteiger partial charge is 0.349 e. The molecular weight excluding hydrogens is 288 g/mol. The predicted octanol–water partition coefficient (Wildman–Crippen LogP) is 2.89. The lowest BCUT2D eigenvalue weighted by Crippen LogP contribution is -2.34. The molecule has 2 aromatic rings. The van der Waals surface area contributed by atoms with E-state index in [4.69, 9.17) is 0 Å². The quantitative estimate of drug-likeness (QED) is 0.944. The van der Waals surface area contributed by atoms with Crippen LogP contribution in [0.1, 0.15) is 31.9 Å². The second-order valence-corrected chi connectivity index (χ2v) is 6.13. The number of benzene rings is 2. The lowest BCUT2D eigenvalue weighted by molar-refractivity contribution is -0.129. The zero-order valence-corrected chi connectivity index (χ0v) is 13.6. The van der Waals surface area contributed by atoms with Crippen molar-refractivity contribution in [2.24, 2.45) is 5.92 Å². The molecule has 2 amide bonds. The van der Waals surface area contributed by atoms with Gasteiger partial charge in [0.2, 0.25) is 11.8 Å². The zero-order chi connectivity index (χ0) is 16.4. The average Bonchev–Trinajstić information content (AvgIpc) is 2.95. The Morgan fingerprint density at radius 2 is 2.00 bits per heavy atom. The maximum atomic E-state index is 12.5. The maximum absolute atomic E-state index is 12.5. The van der Waals surface area contributed by atoms with Crippen LogP contribution in [-0.4, -0.2) is 29.8 Å². The number of fused-ring (bicyclic) bond motifs is 1. The molecule has 0 spiro atoms. The van der Waals surface area contributed by atoms with Crippen molar-refractivity contribution in [1.82, 2.24) is 10.2 Å². The lowest BCUT2D eigenvalue weighted by Gasteiger charge is -2.19. The van der Waals surface area contributed by atoms with Crippen LogP contribution in [0.5, 0.6) is 0 Å². The summed E-state index contributed by atoms with van der Waals surface area (Å²) in [6.07, 6.45) is 0.321. The summed E-state index contributed by atoms with van der Waals surface area (Å²) in [4.78, 5) is 26.0. The molecule has 120 valence electrons. The summed E-state index contributed by atoms with van der Waals surface area (Å²) in [5.41, 5.74) is 1.10. The van der Waals surface area contributed by atoms with E-state index in [1.54, 1.807) is 4.90 Å². The summed E-state index contributed by atoms with van der Waals surface area (Å²) < 4.78 is 0. The van der Waals surface area contributed by atoms with Crippen molar-refractivity contribution in [3.05, 3.63) is 48.0 Å². The van der Waals surface area contributed by atoms with Crippen molar-refractivity contribution in [3.8, 4) is 0 Å². The maximum Gasteiger partial charge on any atom is 0.225 e. The summed E-state index contributed by atoms with van der Waals surface area (Å²) in [6, 6.07) is 14.2. The van der Waals surface area contributed by atoms with Crippen LogP contribution in [0.15, 0.2) is 42.5 Å². The molecule has 4 nitrogen and oxygen atoms in total. The van der Waals surface area contributed by atoms with Crippen LogP contribution in [0.4, 0.5) is 0 Å². The highest BCUT2D eigenvalue weighted by Crippen LogP contribution is 2.25. The molecule has 23 heavy (non-hydrogen) atoms. The Morgan fingerprint density at radius 3 is 2.74 bits per heavy atom. The number of likely N-dealkylation sites (tertiary alicyclic amines) is 1. The van der Waals surface area contributed by atoms with E-state index in [-0.39, 0.29) is 23.8 Å². The number of rotatable bonds is 4. The third-order valence-corrected chi connectivity index (χ3v) is 4.62. The van der Waals surface area contributed by atoms with Gasteiger partial charge in [0.05, 0.1) is 12.0 Å². The number of carbonyl (C=O) groups is 2. The van der Waals surface area contributed by atoms with Crippen LogP contribution in [0.3, 0.4) is 0 Å². The molecule has 1 aliphatic rings. The molecule has 2 atom stereocenters. The Labute approximate surface area is 136 Å². The first-order valence-corrected chi connectivity index (χ1v) is 8.16. The van der Waals surface area contributed by atoms with Crippen molar-refractivity contribution in [3.63, 3.8) is 0 Å². The molecule has 0 radical (unpaired) electrons. The van der Waals surface area contributed by atoms with E-state index in [9.17, 15) is 9.59 Å². The highest BCUT2D eigenvalue weighted by molar-refractivity contribution is 5.90. The smallest absolute Gasteiger partial charge is 0.225 e. The van der Waals surface area contributed by atoms with E-state index < -0.39 is 0 Å². The van der Waals surface area contributed by atoms with Gasteiger partial charge in [-0.15, -0.1) is 0 Å². The van der Waals surface area contributed by atoms with E-state index in [0.29, 0.717) is 19.5 Å². The van der Waals surface area contributed by atoms with Crippen molar-refractivity contribution in [2.45, 2.75) is 26.3 Å². The summed E-state index contributed by atoms with van der Waals surface area (Å²) >= 11 is 0. The minimum atomic E-state index is -0.236. The van der Waals surface area contributed by atoms with E-state index in [2.05, 4.69) is 23.5 Å². The van der Waals surface area contributed by atoms with Crippen molar-refractivity contribution < 1.29 is 9.59 Å². The second kappa shape index (κ2) is 6.41. The van der Waals surface area contributed by atoms with E-state index in [1.807, 2.05) is 38.1 Å². The molecule has 0 bridgehead atoms. The molecule has 0 saturated carbocycles. The minimum Gasteiger partial charge on any atom is -0.349 e. The third kappa shape index (κ3) is 3.07. The summed E-state index contributed by atoms with van der Waals surface area (Å²) in [5, 5.41) is 5.40. The van der Waals surface area contributed by atoms with Gasteiger partial charge in [0.15, 0.2) is 0 Å². The monoisotopic (exact) mass is 310 g/mol. The predicted molar refractivity (Wildman–Crippen MR) is 90.9 cm³/mol. The normalized spacial score (nSPS) is 19.1. The Morgan fingerprint density at radius 1 is 1.26 bits per heavy atom. The van der Waals surface area contributed by atoms with Crippen LogP contribution in [-0.2, 0) is 9.59 Å². The number of hydrogen-bond donors (Lipinski definition) is 1. The van der Waals surface area contributed by atoms with Gasteiger partial charge in [0, 0.05) is 19.5 Å². The standard InChI is InChI=1S/C19H22N2O2/c1-3-21-12-15(11-18(21)22)19(23)20-13(2)16-10-6-8-14-7-4-5-9-17(14)16/h4-10,13,15H,3,11-12H2,1-2H3,(H,20,23). The molecule has 1 heterocycles. The van der Waals surface area contributed by atoms with Gasteiger partial charge < -0.3 is 10.2 Å². The number of amides is 2. The molecule has 2 unspecified atom stereocenters. The Hall–Kier alpha value is -2.36. The summed E-state index contributed by atoms with van der Waals surface area (Å²) in [5.74, 6) is -0.194. The lowest BCUT2D eigenvalue weighted by atomic mass is 9.99. The fourth-order valence-electron chi connectivity index (χ4n) is 3.29. The average molecular weight is 310 g/mol. The SMILES string of the molecule is CCN1CC(C(=O)NC(C)c2cccc3ccccc23)CC1=O. The molecule has 0 aliphatic carbocycles. The molecular formula is C19H22N2O2. The van der Waals surface area contributed by atoms with Crippen molar-refractivity contribution in [1.29, 1.82) is 0 Å². The fraction of sp³-hybridized carbons (Fsp3) is 0.368. The van der Waals surface area contributed by atoms with Crippen LogP contribution < -0.4 is 5.32 Å². The first-order valence-electron chi connectivity index (χ1n) is 8.16.